The Hall–Kier alpha value is -0.610. The van der Waals surface area contributed by atoms with Gasteiger partial charge in [-0.3, -0.25) is 4.79 Å². The highest BCUT2D eigenvalue weighted by Crippen LogP contribution is 2.18. The van der Waals surface area contributed by atoms with Crippen LogP contribution in [0.25, 0.3) is 0 Å². The van der Waals surface area contributed by atoms with Crippen molar-refractivity contribution < 1.29 is 14.6 Å². The highest BCUT2D eigenvalue weighted by Gasteiger charge is 2.31. The van der Waals surface area contributed by atoms with E-state index in [0.717, 1.165) is 19.4 Å². The fourth-order valence-electron chi connectivity index (χ4n) is 1.67. The van der Waals surface area contributed by atoms with Gasteiger partial charge in [0.25, 0.3) is 0 Å². The molecule has 1 atom stereocenters. The quantitative estimate of drug-likeness (QED) is 0.625. The maximum absolute atomic E-state index is 11.2. The molecule has 0 rings (SSSR count). The standard InChI is InChI=1S/C14H29NO3/c1-6-15-14(5,12(16)17)8-7-10-18-11-9-13(2,3)4/h15H,6-11H2,1-5H3,(H,16,17). The van der Waals surface area contributed by atoms with E-state index in [4.69, 9.17) is 9.84 Å². The highest BCUT2D eigenvalue weighted by atomic mass is 16.5. The van der Waals surface area contributed by atoms with Crippen LogP contribution in [0.1, 0.15) is 53.9 Å². The number of hydrogen-bond donors (Lipinski definition) is 2. The summed E-state index contributed by atoms with van der Waals surface area (Å²) in [7, 11) is 0. The van der Waals surface area contributed by atoms with Crippen LogP contribution in [0.15, 0.2) is 0 Å². The van der Waals surface area contributed by atoms with Crippen LogP contribution in [-0.4, -0.2) is 36.4 Å². The molecule has 0 spiro atoms. The minimum atomic E-state index is -0.831. The van der Waals surface area contributed by atoms with Gasteiger partial charge in [-0.2, -0.15) is 0 Å². The molecule has 0 aliphatic rings. The Morgan fingerprint density at radius 1 is 1.17 bits per heavy atom. The van der Waals surface area contributed by atoms with E-state index in [2.05, 4.69) is 26.1 Å². The third-order valence-corrected chi connectivity index (χ3v) is 3.00. The molecule has 0 amide bonds. The van der Waals surface area contributed by atoms with E-state index in [-0.39, 0.29) is 0 Å². The van der Waals surface area contributed by atoms with Gasteiger partial charge in [-0.1, -0.05) is 27.7 Å². The van der Waals surface area contributed by atoms with Crippen LogP contribution in [0, 0.1) is 5.41 Å². The van der Waals surface area contributed by atoms with E-state index in [1.165, 1.54) is 0 Å². The van der Waals surface area contributed by atoms with Crippen LogP contribution in [0.2, 0.25) is 0 Å². The van der Waals surface area contributed by atoms with Crippen molar-refractivity contribution in [3.8, 4) is 0 Å². The fraction of sp³-hybridized carbons (Fsp3) is 0.929. The van der Waals surface area contributed by atoms with E-state index < -0.39 is 11.5 Å². The van der Waals surface area contributed by atoms with E-state index in [9.17, 15) is 4.79 Å². The van der Waals surface area contributed by atoms with Gasteiger partial charge >= 0.3 is 5.97 Å². The number of rotatable bonds is 9. The molecule has 4 nitrogen and oxygen atoms in total. The molecule has 0 aliphatic carbocycles. The second-order valence-corrected chi connectivity index (χ2v) is 6.19. The molecule has 4 heteroatoms. The third-order valence-electron chi connectivity index (χ3n) is 3.00. The SMILES string of the molecule is CCNC(C)(CCCOCCC(C)(C)C)C(=O)O. The lowest BCUT2D eigenvalue weighted by atomic mass is 9.93. The fourth-order valence-corrected chi connectivity index (χ4v) is 1.67. The monoisotopic (exact) mass is 259 g/mol. The lowest BCUT2D eigenvalue weighted by molar-refractivity contribution is -0.144. The molecular weight excluding hydrogens is 230 g/mol. The van der Waals surface area contributed by atoms with Gasteiger partial charge in [-0.25, -0.2) is 0 Å². The minimum Gasteiger partial charge on any atom is -0.480 e. The summed E-state index contributed by atoms with van der Waals surface area (Å²) in [5.74, 6) is -0.793. The molecule has 0 heterocycles. The van der Waals surface area contributed by atoms with E-state index in [0.29, 0.717) is 25.0 Å². The highest BCUT2D eigenvalue weighted by molar-refractivity contribution is 5.78. The summed E-state index contributed by atoms with van der Waals surface area (Å²) in [6.45, 7) is 12.2. The summed E-state index contributed by atoms with van der Waals surface area (Å²) < 4.78 is 5.54. The zero-order valence-corrected chi connectivity index (χ0v) is 12.5. The molecule has 1 unspecified atom stereocenters. The van der Waals surface area contributed by atoms with Gasteiger partial charge in [0.05, 0.1) is 0 Å². The van der Waals surface area contributed by atoms with Crippen LogP contribution in [0.5, 0.6) is 0 Å². The first kappa shape index (κ1) is 17.4. The number of nitrogens with one attached hydrogen (secondary N) is 1. The van der Waals surface area contributed by atoms with Gasteiger partial charge < -0.3 is 15.2 Å². The van der Waals surface area contributed by atoms with Crippen molar-refractivity contribution in [2.75, 3.05) is 19.8 Å². The number of carbonyl (C=O) groups is 1. The van der Waals surface area contributed by atoms with Crippen LogP contribution in [-0.2, 0) is 9.53 Å². The summed E-state index contributed by atoms with van der Waals surface area (Å²) >= 11 is 0. The van der Waals surface area contributed by atoms with Crippen molar-refractivity contribution in [2.24, 2.45) is 5.41 Å². The molecule has 0 aromatic rings. The summed E-state index contributed by atoms with van der Waals surface area (Å²) in [4.78, 5) is 11.2. The molecule has 108 valence electrons. The molecular formula is C14H29NO3. The first-order valence-corrected chi connectivity index (χ1v) is 6.77. The molecule has 0 fully saturated rings. The van der Waals surface area contributed by atoms with Crippen LogP contribution in [0.3, 0.4) is 0 Å². The molecule has 0 saturated heterocycles. The molecule has 0 saturated carbocycles. The Bertz CT molecular complexity index is 248. The maximum atomic E-state index is 11.2. The van der Waals surface area contributed by atoms with Crippen molar-refractivity contribution in [1.82, 2.24) is 5.32 Å². The normalized spacial score (nSPS) is 15.4. The second-order valence-electron chi connectivity index (χ2n) is 6.19. The lowest BCUT2D eigenvalue weighted by Gasteiger charge is -2.25. The summed E-state index contributed by atoms with van der Waals surface area (Å²) in [5.41, 5.74) is -0.540. The van der Waals surface area contributed by atoms with Gasteiger partial charge in [0.1, 0.15) is 5.54 Å². The van der Waals surface area contributed by atoms with Crippen LogP contribution < -0.4 is 5.32 Å². The van der Waals surface area contributed by atoms with Crippen molar-refractivity contribution >= 4 is 5.97 Å². The maximum Gasteiger partial charge on any atom is 0.323 e. The molecule has 2 N–H and O–H groups in total. The zero-order chi connectivity index (χ0) is 14.2. The number of carboxylic acid groups (broad SMARTS) is 1. The number of ether oxygens (including phenoxy) is 1. The Labute approximate surface area is 111 Å². The largest absolute Gasteiger partial charge is 0.480 e. The Morgan fingerprint density at radius 3 is 2.22 bits per heavy atom. The summed E-state index contributed by atoms with van der Waals surface area (Å²) in [5, 5.41) is 12.2. The Morgan fingerprint density at radius 2 is 1.78 bits per heavy atom. The predicted octanol–water partition coefficient (Wildman–Crippen LogP) is 2.67. The van der Waals surface area contributed by atoms with Gasteiger partial charge in [0, 0.05) is 13.2 Å². The molecule has 0 aromatic heterocycles. The van der Waals surface area contributed by atoms with Gasteiger partial charge in [-0.05, 0) is 38.1 Å². The number of likely N-dealkylation sites (N-methyl/N-ethyl adjacent to an activating group) is 1. The van der Waals surface area contributed by atoms with Crippen LogP contribution in [0.4, 0.5) is 0 Å². The zero-order valence-electron chi connectivity index (χ0n) is 12.5. The van der Waals surface area contributed by atoms with Crippen molar-refractivity contribution in [3.63, 3.8) is 0 Å². The van der Waals surface area contributed by atoms with Crippen molar-refractivity contribution in [1.29, 1.82) is 0 Å². The lowest BCUT2D eigenvalue weighted by Crippen LogP contribution is -2.49. The molecule has 0 bridgehead atoms. The average molecular weight is 259 g/mol. The van der Waals surface area contributed by atoms with Crippen molar-refractivity contribution in [2.45, 2.75) is 59.4 Å². The first-order valence-electron chi connectivity index (χ1n) is 6.77. The summed E-state index contributed by atoms with van der Waals surface area (Å²) in [6, 6.07) is 0. The second kappa shape index (κ2) is 7.74. The molecule has 0 aromatic carbocycles. The number of aliphatic carboxylic acids is 1. The van der Waals surface area contributed by atoms with Crippen LogP contribution >= 0.6 is 0 Å². The van der Waals surface area contributed by atoms with Gasteiger partial charge in [-0.15, -0.1) is 0 Å². The minimum absolute atomic E-state index is 0.291. The third kappa shape index (κ3) is 7.67. The Balaban J connectivity index is 3.78. The van der Waals surface area contributed by atoms with E-state index in [1.54, 1.807) is 6.92 Å². The summed E-state index contributed by atoms with van der Waals surface area (Å²) in [6.07, 6.45) is 2.38. The Kier molecular flexibility index (Phi) is 7.48. The molecule has 18 heavy (non-hydrogen) atoms. The van der Waals surface area contributed by atoms with Gasteiger partial charge in [0.2, 0.25) is 0 Å². The smallest absolute Gasteiger partial charge is 0.323 e. The average Bonchev–Trinajstić information content (AvgIpc) is 2.22. The number of carboxylic acids is 1. The number of hydrogen-bond acceptors (Lipinski definition) is 3. The molecule has 0 radical (unpaired) electrons. The predicted molar refractivity (Wildman–Crippen MR) is 73.8 cm³/mol. The molecule has 0 aliphatic heterocycles. The topological polar surface area (TPSA) is 58.6 Å². The van der Waals surface area contributed by atoms with Crippen molar-refractivity contribution in [3.05, 3.63) is 0 Å². The van der Waals surface area contributed by atoms with Gasteiger partial charge in [0.15, 0.2) is 0 Å². The first-order chi connectivity index (χ1) is 8.21. The van der Waals surface area contributed by atoms with E-state index in [1.807, 2.05) is 6.92 Å². The van der Waals surface area contributed by atoms with E-state index >= 15 is 0 Å².